The molecule has 1 N–H and O–H groups in total. The summed E-state index contributed by atoms with van der Waals surface area (Å²) in [5.41, 5.74) is 5.57. The first kappa shape index (κ1) is 16.3. The Kier molecular flexibility index (Phi) is 4.16. The molecule has 1 aliphatic heterocycles. The number of nitrogens with one attached hydrogen (secondary N) is 1. The van der Waals surface area contributed by atoms with Crippen molar-refractivity contribution in [3.8, 4) is 22.9 Å². The van der Waals surface area contributed by atoms with Crippen molar-refractivity contribution in [2.24, 2.45) is 0 Å². The maximum atomic E-state index is 9.07. The van der Waals surface area contributed by atoms with Crippen LogP contribution in [0.3, 0.4) is 0 Å². The highest BCUT2D eigenvalue weighted by atomic mass is 35.5. The molecule has 0 fully saturated rings. The standard InChI is InChI=1S/C21H16ClN3O/c1-26-20-7-3-6-17(22)21(20)15-4-2-5-16(11-15)25-13-24-18-10-14(12-23)8-9-19(18)25/h2-11,24H,13H2,1H3. The lowest BCUT2D eigenvalue weighted by molar-refractivity contribution is 0.416. The molecule has 0 aliphatic carbocycles. The molecule has 5 heteroatoms. The van der Waals surface area contributed by atoms with Crippen LogP contribution in [-0.4, -0.2) is 13.8 Å². The number of hydrogen-bond donors (Lipinski definition) is 1. The minimum atomic E-state index is 0.646. The molecular formula is C21H16ClN3O. The predicted molar refractivity (Wildman–Crippen MR) is 105 cm³/mol. The zero-order valence-corrected chi connectivity index (χ0v) is 14.9. The van der Waals surface area contributed by atoms with Crippen LogP contribution in [0, 0.1) is 11.3 Å². The SMILES string of the molecule is COc1cccc(Cl)c1-c1cccc(N2CNc3cc(C#N)ccc32)c1. The monoisotopic (exact) mass is 361 g/mol. The van der Waals surface area contributed by atoms with Crippen LogP contribution in [0.1, 0.15) is 5.56 Å². The number of nitrogens with zero attached hydrogens (tertiary/aromatic N) is 2. The van der Waals surface area contributed by atoms with E-state index in [4.69, 9.17) is 21.6 Å². The Morgan fingerprint density at radius 2 is 1.96 bits per heavy atom. The van der Waals surface area contributed by atoms with Gasteiger partial charge in [-0.1, -0.05) is 29.8 Å². The lowest BCUT2D eigenvalue weighted by atomic mass is 10.0. The zero-order valence-electron chi connectivity index (χ0n) is 14.2. The summed E-state index contributed by atoms with van der Waals surface area (Å²) in [6.07, 6.45) is 0. The van der Waals surface area contributed by atoms with Crippen molar-refractivity contribution in [1.29, 1.82) is 5.26 Å². The fourth-order valence-corrected chi connectivity index (χ4v) is 3.52. The molecule has 0 amide bonds. The van der Waals surface area contributed by atoms with Gasteiger partial charge in [0, 0.05) is 11.3 Å². The van der Waals surface area contributed by atoms with Gasteiger partial charge in [-0.05, 0) is 48.0 Å². The lowest BCUT2D eigenvalue weighted by Gasteiger charge is -2.20. The van der Waals surface area contributed by atoms with E-state index in [-0.39, 0.29) is 0 Å². The summed E-state index contributed by atoms with van der Waals surface area (Å²) in [4.78, 5) is 2.17. The number of methoxy groups -OCH3 is 1. The van der Waals surface area contributed by atoms with Crippen LogP contribution in [0.25, 0.3) is 11.1 Å². The average molecular weight is 362 g/mol. The first-order chi connectivity index (χ1) is 12.7. The summed E-state index contributed by atoms with van der Waals surface area (Å²) in [7, 11) is 1.65. The highest BCUT2D eigenvalue weighted by Gasteiger charge is 2.21. The molecule has 128 valence electrons. The van der Waals surface area contributed by atoms with E-state index in [1.54, 1.807) is 7.11 Å². The fraction of sp³-hybridized carbons (Fsp3) is 0.0952. The van der Waals surface area contributed by atoms with Crippen molar-refractivity contribution >= 4 is 28.7 Å². The number of halogens is 1. The average Bonchev–Trinajstić information content (AvgIpc) is 3.10. The smallest absolute Gasteiger partial charge is 0.128 e. The van der Waals surface area contributed by atoms with E-state index in [0.717, 1.165) is 33.9 Å². The van der Waals surface area contributed by atoms with Crippen molar-refractivity contribution in [2.75, 3.05) is 24.0 Å². The first-order valence-electron chi connectivity index (χ1n) is 8.20. The Morgan fingerprint density at radius 1 is 1.12 bits per heavy atom. The molecule has 1 aliphatic rings. The molecule has 0 spiro atoms. The van der Waals surface area contributed by atoms with Crippen LogP contribution in [0.15, 0.2) is 60.7 Å². The molecule has 0 saturated heterocycles. The van der Waals surface area contributed by atoms with E-state index in [1.807, 2.05) is 48.5 Å². The third-order valence-corrected chi connectivity index (χ3v) is 4.80. The molecule has 1 heterocycles. The van der Waals surface area contributed by atoms with E-state index >= 15 is 0 Å². The molecule has 0 unspecified atom stereocenters. The Labute approximate surface area is 157 Å². The van der Waals surface area contributed by atoms with Crippen LogP contribution in [0.5, 0.6) is 5.75 Å². The van der Waals surface area contributed by atoms with Gasteiger partial charge in [-0.3, -0.25) is 0 Å². The third kappa shape index (κ3) is 2.73. The van der Waals surface area contributed by atoms with E-state index in [9.17, 15) is 0 Å². The largest absolute Gasteiger partial charge is 0.496 e. The Bertz CT molecular complexity index is 1030. The maximum absolute atomic E-state index is 9.07. The van der Waals surface area contributed by atoms with Gasteiger partial charge in [-0.25, -0.2) is 0 Å². The molecule has 4 nitrogen and oxygen atoms in total. The Balaban J connectivity index is 1.77. The first-order valence-corrected chi connectivity index (χ1v) is 8.57. The Hall–Kier alpha value is -3.16. The van der Waals surface area contributed by atoms with Crippen LogP contribution < -0.4 is 15.0 Å². The Morgan fingerprint density at radius 3 is 2.77 bits per heavy atom. The number of anilines is 3. The maximum Gasteiger partial charge on any atom is 0.128 e. The quantitative estimate of drug-likeness (QED) is 0.677. The number of ether oxygens (including phenoxy) is 1. The highest BCUT2D eigenvalue weighted by molar-refractivity contribution is 6.33. The van der Waals surface area contributed by atoms with Crippen molar-refractivity contribution in [3.05, 3.63) is 71.2 Å². The molecule has 0 aromatic heterocycles. The molecular weight excluding hydrogens is 346 g/mol. The molecule has 0 radical (unpaired) electrons. The molecule has 3 aromatic carbocycles. The summed E-state index contributed by atoms with van der Waals surface area (Å²) in [5.74, 6) is 0.744. The number of benzene rings is 3. The second kappa shape index (κ2) is 6.62. The molecule has 26 heavy (non-hydrogen) atoms. The minimum absolute atomic E-state index is 0.646. The van der Waals surface area contributed by atoms with Crippen molar-refractivity contribution < 1.29 is 4.74 Å². The number of hydrogen-bond acceptors (Lipinski definition) is 4. The van der Waals surface area contributed by atoms with Crippen molar-refractivity contribution in [3.63, 3.8) is 0 Å². The van der Waals surface area contributed by atoms with Gasteiger partial charge in [0.15, 0.2) is 0 Å². The van der Waals surface area contributed by atoms with Gasteiger partial charge in [0.25, 0.3) is 0 Å². The number of nitriles is 1. The van der Waals surface area contributed by atoms with Gasteiger partial charge in [0.1, 0.15) is 5.75 Å². The molecule has 3 aromatic rings. The third-order valence-electron chi connectivity index (χ3n) is 4.49. The zero-order chi connectivity index (χ0) is 18.1. The van der Waals surface area contributed by atoms with Gasteiger partial charge in [0.2, 0.25) is 0 Å². The number of rotatable bonds is 3. The number of fused-ring (bicyclic) bond motifs is 1. The van der Waals surface area contributed by atoms with E-state index in [2.05, 4.69) is 28.4 Å². The summed E-state index contributed by atoms with van der Waals surface area (Å²) >= 11 is 6.43. The van der Waals surface area contributed by atoms with Gasteiger partial charge in [-0.15, -0.1) is 0 Å². The fourth-order valence-electron chi connectivity index (χ4n) is 3.25. The van der Waals surface area contributed by atoms with E-state index in [1.165, 1.54) is 0 Å². The minimum Gasteiger partial charge on any atom is -0.496 e. The molecule has 0 saturated carbocycles. The molecule has 4 rings (SSSR count). The summed E-state index contributed by atoms with van der Waals surface area (Å²) in [6.45, 7) is 0.646. The van der Waals surface area contributed by atoms with Crippen LogP contribution >= 0.6 is 11.6 Å². The normalized spacial score (nSPS) is 12.3. The van der Waals surface area contributed by atoms with Crippen molar-refractivity contribution in [1.82, 2.24) is 0 Å². The second-order valence-electron chi connectivity index (χ2n) is 5.97. The van der Waals surface area contributed by atoms with Crippen LogP contribution in [0.4, 0.5) is 17.1 Å². The van der Waals surface area contributed by atoms with Gasteiger partial charge in [0.05, 0.1) is 41.8 Å². The summed E-state index contributed by atoms with van der Waals surface area (Å²) in [5, 5.41) is 13.1. The van der Waals surface area contributed by atoms with E-state index < -0.39 is 0 Å². The van der Waals surface area contributed by atoms with Crippen LogP contribution in [-0.2, 0) is 0 Å². The highest BCUT2D eigenvalue weighted by Crippen LogP contribution is 2.41. The van der Waals surface area contributed by atoms with Crippen LogP contribution in [0.2, 0.25) is 5.02 Å². The summed E-state index contributed by atoms with van der Waals surface area (Å²) in [6, 6.07) is 21.7. The predicted octanol–water partition coefficient (Wildman–Crippen LogP) is 5.41. The molecule has 0 atom stereocenters. The second-order valence-corrected chi connectivity index (χ2v) is 6.38. The van der Waals surface area contributed by atoms with Gasteiger partial charge in [-0.2, -0.15) is 5.26 Å². The topological polar surface area (TPSA) is 48.3 Å². The van der Waals surface area contributed by atoms with Gasteiger partial charge < -0.3 is 15.0 Å². The van der Waals surface area contributed by atoms with Gasteiger partial charge >= 0.3 is 0 Å². The van der Waals surface area contributed by atoms with E-state index in [0.29, 0.717) is 17.3 Å². The lowest BCUT2D eigenvalue weighted by Crippen LogP contribution is -2.16. The summed E-state index contributed by atoms with van der Waals surface area (Å²) < 4.78 is 5.49. The molecule has 0 bridgehead atoms. The van der Waals surface area contributed by atoms with Crippen molar-refractivity contribution in [2.45, 2.75) is 0 Å².